The molecule has 1 saturated heterocycles. The minimum absolute atomic E-state index is 0.0230. The molecule has 1 atom stereocenters. The number of carbonyl (C=O) groups is 2. The number of amides is 2. The van der Waals surface area contributed by atoms with Crippen LogP contribution in [0.5, 0.6) is 0 Å². The number of hydrogen-bond acceptors (Lipinski definition) is 2. The average Bonchev–Trinajstić information content (AvgIpc) is 2.12. The van der Waals surface area contributed by atoms with E-state index in [1.807, 2.05) is 19.1 Å². The van der Waals surface area contributed by atoms with Crippen LogP contribution < -0.4 is 5.32 Å². The first kappa shape index (κ1) is 9.77. The van der Waals surface area contributed by atoms with Gasteiger partial charge in [0.1, 0.15) is 6.04 Å². The summed E-state index contributed by atoms with van der Waals surface area (Å²) in [5.74, 6) is -0.102. The van der Waals surface area contributed by atoms with Crippen molar-refractivity contribution in [3.8, 4) is 0 Å². The van der Waals surface area contributed by atoms with E-state index in [4.69, 9.17) is 0 Å². The number of nitrogens with zero attached hydrogens (tertiary/aromatic N) is 1. The van der Waals surface area contributed by atoms with Crippen molar-refractivity contribution in [2.75, 3.05) is 13.1 Å². The van der Waals surface area contributed by atoms with Crippen molar-refractivity contribution in [1.29, 1.82) is 0 Å². The van der Waals surface area contributed by atoms with E-state index in [2.05, 4.69) is 5.32 Å². The molecule has 0 spiro atoms. The predicted molar refractivity (Wildman–Crippen MR) is 49.0 cm³/mol. The number of piperazine rings is 1. The largest absolute Gasteiger partial charge is 0.345 e. The summed E-state index contributed by atoms with van der Waals surface area (Å²) in [6, 6.07) is -0.350. The fourth-order valence-corrected chi connectivity index (χ4v) is 1.25. The fraction of sp³-hybridized carbons (Fsp3) is 0.556. The molecule has 13 heavy (non-hydrogen) atoms. The summed E-state index contributed by atoms with van der Waals surface area (Å²) < 4.78 is 0. The summed E-state index contributed by atoms with van der Waals surface area (Å²) in [4.78, 5) is 24.1. The smallest absolute Gasteiger partial charge is 0.242 e. The van der Waals surface area contributed by atoms with Gasteiger partial charge < -0.3 is 10.2 Å². The van der Waals surface area contributed by atoms with Gasteiger partial charge in [-0.3, -0.25) is 9.59 Å². The summed E-state index contributed by atoms with van der Waals surface area (Å²) in [6.45, 7) is 4.26. The van der Waals surface area contributed by atoms with Crippen LogP contribution in [0.3, 0.4) is 0 Å². The summed E-state index contributed by atoms with van der Waals surface area (Å²) >= 11 is 0. The quantitative estimate of drug-likeness (QED) is 0.607. The standard InChI is InChI=1S/C9H14N2O2/c1-3-4-5-11-7(2)9(13)10-6-8(11)12/h3-4,7H,5-6H2,1-2H3,(H,10,13)/b4-3+. The zero-order chi connectivity index (χ0) is 9.84. The summed E-state index contributed by atoms with van der Waals surface area (Å²) in [7, 11) is 0. The highest BCUT2D eigenvalue weighted by molar-refractivity contribution is 5.94. The molecule has 0 saturated carbocycles. The fourth-order valence-electron chi connectivity index (χ4n) is 1.25. The maximum Gasteiger partial charge on any atom is 0.242 e. The van der Waals surface area contributed by atoms with Crippen molar-refractivity contribution < 1.29 is 9.59 Å². The Morgan fingerprint density at radius 1 is 1.62 bits per heavy atom. The van der Waals surface area contributed by atoms with Gasteiger partial charge in [-0.15, -0.1) is 0 Å². The van der Waals surface area contributed by atoms with Gasteiger partial charge in [0.15, 0.2) is 0 Å². The maximum absolute atomic E-state index is 11.3. The molecule has 1 heterocycles. The van der Waals surface area contributed by atoms with E-state index >= 15 is 0 Å². The van der Waals surface area contributed by atoms with Crippen LogP contribution in [0.15, 0.2) is 12.2 Å². The lowest BCUT2D eigenvalue weighted by Crippen LogP contribution is -2.57. The van der Waals surface area contributed by atoms with Gasteiger partial charge in [0.2, 0.25) is 11.8 Å². The molecule has 2 amide bonds. The number of nitrogens with one attached hydrogen (secondary N) is 1. The van der Waals surface area contributed by atoms with Crippen LogP contribution >= 0.6 is 0 Å². The Bertz CT molecular complexity index is 248. The Labute approximate surface area is 77.6 Å². The zero-order valence-electron chi connectivity index (χ0n) is 7.91. The first-order valence-electron chi connectivity index (χ1n) is 4.35. The van der Waals surface area contributed by atoms with Crippen molar-refractivity contribution in [1.82, 2.24) is 10.2 Å². The molecule has 1 unspecified atom stereocenters. The number of hydrogen-bond donors (Lipinski definition) is 1. The number of carbonyl (C=O) groups excluding carboxylic acids is 2. The van der Waals surface area contributed by atoms with Gasteiger partial charge in [0, 0.05) is 6.54 Å². The molecule has 1 aliphatic rings. The SMILES string of the molecule is C/C=C/CN1C(=O)CNC(=O)C1C. The molecular weight excluding hydrogens is 168 g/mol. The molecule has 1 rings (SSSR count). The lowest BCUT2D eigenvalue weighted by atomic mass is 10.2. The summed E-state index contributed by atoms with van der Waals surface area (Å²) in [5.41, 5.74) is 0. The van der Waals surface area contributed by atoms with Crippen molar-refractivity contribution in [2.24, 2.45) is 0 Å². The van der Waals surface area contributed by atoms with E-state index < -0.39 is 0 Å². The van der Waals surface area contributed by atoms with Crippen molar-refractivity contribution in [3.05, 3.63) is 12.2 Å². The minimum Gasteiger partial charge on any atom is -0.345 e. The number of allylic oxidation sites excluding steroid dienone is 1. The highest BCUT2D eigenvalue weighted by atomic mass is 16.2. The third kappa shape index (κ3) is 2.08. The Balaban J connectivity index is 2.66. The van der Waals surface area contributed by atoms with Crippen LogP contribution in [0.2, 0.25) is 0 Å². The van der Waals surface area contributed by atoms with Gasteiger partial charge in [-0.25, -0.2) is 0 Å². The van der Waals surface area contributed by atoms with Gasteiger partial charge in [-0.05, 0) is 13.8 Å². The molecule has 0 aromatic carbocycles. The maximum atomic E-state index is 11.3. The zero-order valence-corrected chi connectivity index (χ0v) is 7.91. The third-order valence-corrected chi connectivity index (χ3v) is 2.12. The molecular formula is C9H14N2O2. The van der Waals surface area contributed by atoms with Gasteiger partial charge in [0.05, 0.1) is 6.54 Å². The van der Waals surface area contributed by atoms with Crippen LogP contribution in [-0.2, 0) is 9.59 Å². The lowest BCUT2D eigenvalue weighted by molar-refractivity contribution is -0.144. The normalized spacial score (nSPS) is 23.8. The average molecular weight is 182 g/mol. The molecule has 1 N–H and O–H groups in total. The van der Waals surface area contributed by atoms with E-state index in [9.17, 15) is 9.59 Å². The molecule has 72 valence electrons. The molecule has 1 fully saturated rings. The Morgan fingerprint density at radius 3 is 2.92 bits per heavy atom. The van der Waals surface area contributed by atoms with Gasteiger partial charge >= 0.3 is 0 Å². The molecule has 0 aliphatic carbocycles. The molecule has 1 aliphatic heterocycles. The second-order valence-electron chi connectivity index (χ2n) is 3.01. The van der Waals surface area contributed by atoms with E-state index in [0.717, 1.165) is 0 Å². The highest BCUT2D eigenvalue weighted by Gasteiger charge is 2.29. The Hall–Kier alpha value is -1.32. The topological polar surface area (TPSA) is 49.4 Å². The van der Waals surface area contributed by atoms with Crippen molar-refractivity contribution in [2.45, 2.75) is 19.9 Å². The van der Waals surface area contributed by atoms with E-state index in [1.165, 1.54) is 0 Å². The highest BCUT2D eigenvalue weighted by Crippen LogP contribution is 2.04. The third-order valence-electron chi connectivity index (χ3n) is 2.12. The number of rotatable bonds is 2. The first-order chi connectivity index (χ1) is 6.16. The lowest BCUT2D eigenvalue weighted by Gasteiger charge is -2.31. The van der Waals surface area contributed by atoms with Crippen LogP contribution in [0.25, 0.3) is 0 Å². The second-order valence-corrected chi connectivity index (χ2v) is 3.01. The van der Waals surface area contributed by atoms with E-state index in [1.54, 1.807) is 11.8 Å². The monoisotopic (exact) mass is 182 g/mol. The Kier molecular flexibility index (Phi) is 3.06. The van der Waals surface area contributed by atoms with Crippen LogP contribution in [0.4, 0.5) is 0 Å². The van der Waals surface area contributed by atoms with Gasteiger partial charge in [0.25, 0.3) is 0 Å². The van der Waals surface area contributed by atoms with Crippen molar-refractivity contribution >= 4 is 11.8 Å². The first-order valence-corrected chi connectivity index (χ1v) is 4.35. The summed E-state index contributed by atoms with van der Waals surface area (Å²) in [5, 5.41) is 2.53. The predicted octanol–water partition coefficient (Wildman–Crippen LogP) is -0.0906. The second kappa shape index (κ2) is 4.07. The molecule has 4 heteroatoms. The van der Waals surface area contributed by atoms with Gasteiger partial charge in [-0.2, -0.15) is 0 Å². The molecule has 0 aromatic heterocycles. The molecule has 4 nitrogen and oxygen atoms in total. The molecule has 0 bridgehead atoms. The minimum atomic E-state index is -0.350. The summed E-state index contributed by atoms with van der Waals surface area (Å²) in [6.07, 6.45) is 3.74. The Morgan fingerprint density at radius 2 is 2.31 bits per heavy atom. The van der Waals surface area contributed by atoms with Crippen LogP contribution in [0, 0.1) is 0 Å². The van der Waals surface area contributed by atoms with E-state index in [0.29, 0.717) is 6.54 Å². The van der Waals surface area contributed by atoms with Crippen molar-refractivity contribution in [3.63, 3.8) is 0 Å². The van der Waals surface area contributed by atoms with E-state index in [-0.39, 0.29) is 24.4 Å². The molecule has 0 radical (unpaired) electrons. The van der Waals surface area contributed by atoms with Crippen LogP contribution in [-0.4, -0.2) is 35.8 Å². The van der Waals surface area contributed by atoms with Gasteiger partial charge in [-0.1, -0.05) is 12.2 Å². The molecule has 0 aromatic rings. The van der Waals surface area contributed by atoms with Crippen LogP contribution in [0.1, 0.15) is 13.8 Å².